The van der Waals surface area contributed by atoms with Crippen molar-refractivity contribution >= 4 is 15.9 Å². The van der Waals surface area contributed by atoms with Gasteiger partial charge in [-0.25, -0.2) is 4.39 Å². The van der Waals surface area contributed by atoms with Gasteiger partial charge in [-0.2, -0.15) is 0 Å². The molecule has 1 N–H and O–H groups in total. The van der Waals surface area contributed by atoms with Crippen molar-refractivity contribution in [2.45, 2.75) is 53.0 Å². The average molecular weight is 330 g/mol. The van der Waals surface area contributed by atoms with Gasteiger partial charge in [0.25, 0.3) is 0 Å². The van der Waals surface area contributed by atoms with Gasteiger partial charge in [-0.15, -0.1) is 0 Å². The summed E-state index contributed by atoms with van der Waals surface area (Å²) in [5.41, 5.74) is 1.33. The largest absolute Gasteiger partial charge is 0.310 e. The molecule has 0 spiro atoms. The van der Waals surface area contributed by atoms with Crippen molar-refractivity contribution in [2.75, 3.05) is 6.54 Å². The first-order valence-corrected chi connectivity index (χ1v) is 7.80. The van der Waals surface area contributed by atoms with Crippen molar-refractivity contribution in [1.82, 2.24) is 5.32 Å². The number of nitrogens with one attached hydrogen (secondary N) is 1. The van der Waals surface area contributed by atoms with E-state index in [1.54, 1.807) is 6.07 Å². The Kier molecular flexibility index (Phi) is 6.48. The maximum absolute atomic E-state index is 13.5. The maximum atomic E-state index is 13.5. The fourth-order valence-corrected chi connectivity index (χ4v) is 2.54. The van der Waals surface area contributed by atoms with Gasteiger partial charge in [0.15, 0.2) is 0 Å². The molecule has 1 aromatic carbocycles. The summed E-state index contributed by atoms with van der Waals surface area (Å²) in [6, 6.07) is 5.38. The predicted octanol–water partition coefficient (Wildman–Crippen LogP) is 5.46. The molecule has 0 aliphatic rings. The summed E-state index contributed by atoms with van der Waals surface area (Å²) >= 11 is 3.37. The van der Waals surface area contributed by atoms with Crippen LogP contribution >= 0.6 is 15.9 Å². The van der Waals surface area contributed by atoms with E-state index < -0.39 is 0 Å². The molecule has 108 valence electrons. The van der Waals surface area contributed by atoms with Gasteiger partial charge in [0.05, 0.1) is 0 Å². The predicted molar refractivity (Wildman–Crippen MR) is 83.8 cm³/mol. The Bertz CT molecular complexity index is 378. The molecule has 19 heavy (non-hydrogen) atoms. The summed E-state index contributed by atoms with van der Waals surface area (Å²) in [4.78, 5) is 0. The van der Waals surface area contributed by atoms with E-state index in [0.29, 0.717) is 5.41 Å². The molecule has 1 nitrogen and oxygen atoms in total. The average Bonchev–Trinajstić information content (AvgIpc) is 2.26. The molecule has 0 saturated carbocycles. The first-order chi connectivity index (χ1) is 8.81. The van der Waals surface area contributed by atoms with Gasteiger partial charge in [0.2, 0.25) is 0 Å². The molecule has 0 heterocycles. The molecule has 0 fully saturated rings. The van der Waals surface area contributed by atoms with Crippen LogP contribution in [0, 0.1) is 11.2 Å². The van der Waals surface area contributed by atoms with E-state index in [1.165, 1.54) is 6.07 Å². The highest BCUT2D eigenvalue weighted by molar-refractivity contribution is 9.10. The van der Waals surface area contributed by atoms with Gasteiger partial charge in [0.1, 0.15) is 5.82 Å². The van der Waals surface area contributed by atoms with E-state index in [0.717, 1.165) is 35.8 Å². The van der Waals surface area contributed by atoms with Crippen LogP contribution in [0.5, 0.6) is 0 Å². The summed E-state index contributed by atoms with van der Waals surface area (Å²) in [5, 5.41) is 3.53. The molecular weight excluding hydrogens is 305 g/mol. The Morgan fingerprint density at radius 3 is 2.47 bits per heavy atom. The summed E-state index contributed by atoms with van der Waals surface area (Å²) in [6.45, 7) is 9.83. The monoisotopic (exact) mass is 329 g/mol. The van der Waals surface area contributed by atoms with Crippen molar-refractivity contribution in [3.05, 3.63) is 34.1 Å². The third-order valence-electron chi connectivity index (χ3n) is 3.11. The second kappa shape index (κ2) is 7.39. The quantitative estimate of drug-likeness (QED) is 0.731. The molecule has 0 saturated heterocycles. The molecule has 0 aliphatic heterocycles. The van der Waals surface area contributed by atoms with Crippen molar-refractivity contribution in [1.29, 1.82) is 0 Å². The van der Waals surface area contributed by atoms with Gasteiger partial charge in [-0.05, 0) is 55.0 Å². The number of hydrogen-bond acceptors (Lipinski definition) is 1. The van der Waals surface area contributed by atoms with E-state index in [9.17, 15) is 4.39 Å². The molecular formula is C16H25BrFN. The number of hydrogen-bond donors (Lipinski definition) is 1. The highest BCUT2D eigenvalue weighted by Gasteiger charge is 2.17. The van der Waals surface area contributed by atoms with Crippen LogP contribution in [0.2, 0.25) is 0 Å². The van der Waals surface area contributed by atoms with Gasteiger partial charge >= 0.3 is 0 Å². The third kappa shape index (κ3) is 6.53. The molecule has 0 aromatic heterocycles. The van der Waals surface area contributed by atoms with Crippen LogP contribution in [0.1, 0.15) is 58.6 Å². The molecule has 0 radical (unpaired) electrons. The van der Waals surface area contributed by atoms with E-state index >= 15 is 0 Å². The fourth-order valence-electron chi connectivity index (χ4n) is 2.06. The normalized spacial score (nSPS) is 13.6. The molecule has 3 heteroatoms. The SMILES string of the molecule is CCCNC(CCC(C)(C)C)c1cc(F)cc(Br)c1. The lowest BCUT2D eigenvalue weighted by Crippen LogP contribution is -2.23. The molecule has 1 aromatic rings. The Hall–Kier alpha value is -0.410. The molecule has 1 atom stereocenters. The molecule has 1 rings (SSSR count). The Balaban J connectivity index is 2.82. The number of rotatable bonds is 6. The van der Waals surface area contributed by atoms with Crippen molar-refractivity contribution < 1.29 is 4.39 Å². The van der Waals surface area contributed by atoms with Gasteiger partial charge in [0, 0.05) is 10.5 Å². The maximum Gasteiger partial charge on any atom is 0.124 e. The van der Waals surface area contributed by atoms with Crippen LogP contribution in [-0.2, 0) is 0 Å². The first kappa shape index (κ1) is 16.6. The van der Waals surface area contributed by atoms with Crippen molar-refractivity contribution in [2.24, 2.45) is 5.41 Å². The van der Waals surface area contributed by atoms with E-state index in [4.69, 9.17) is 0 Å². The molecule has 0 amide bonds. The highest BCUT2D eigenvalue weighted by atomic mass is 79.9. The first-order valence-electron chi connectivity index (χ1n) is 7.01. The zero-order chi connectivity index (χ0) is 14.5. The molecule has 1 unspecified atom stereocenters. The third-order valence-corrected chi connectivity index (χ3v) is 3.57. The minimum absolute atomic E-state index is 0.177. The van der Waals surface area contributed by atoms with Gasteiger partial charge < -0.3 is 5.32 Å². The summed E-state index contributed by atoms with van der Waals surface area (Å²) < 4.78 is 14.3. The fraction of sp³-hybridized carbons (Fsp3) is 0.625. The minimum atomic E-state index is -0.177. The van der Waals surface area contributed by atoms with Gasteiger partial charge in [-0.3, -0.25) is 0 Å². The number of benzene rings is 1. The van der Waals surface area contributed by atoms with Crippen LogP contribution in [0.3, 0.4) is 0 Å². The van der Waals surface area contributed by atoms with Crippen LogP contribution in [-0.4, -0.2) is 6.54 Å². The zero-order valence-electron chi connectivity index (χ0n) is 12.4. The molecule has 0 bridgehead atoms. The summed E-state index contributed by atoms with van der Waals surface area (Å²) in [6.07, 6.45) is 3.23. The lowest BCUT2D eigenvalue weighted by Gasteiger charge is -2.24. The zero-order valence-corrected chi connectivity index (χ0v) is 14.0. The van der Waals surface area contributed by atoms with Crippen molar-refractivity contribution in [3.8, 4) is 0 Å². The standard InChI is InChI=1S/C16H25BrFN/c1-5-8-19-15(6-7-16(2,3)4)12-9-13(17)11-14(18)10-12/h9-11,15,19H,5-8H2,1-4H3. The van der Waals surface area contributed by atoms with E-state index in [2.05, 4.69) is 48.9 Å². The van der Waals surface area contributed by atoms with Crippen molar-refractivity contribution in [3.63, 3.8) is 0 Å². The van der Waals surface area contributed by atoms with Crippen LogP contribution in [0.25, 0.3) is 0 Å². The smallest absolute Gasteiger partial charge is 0.124 e. The second-order valence-electron chi connectivity index (χ2n) is 6.31. The lowest BCUT2D eigenvalue weighted by atomic mass is 9.87. The van der Waals surface area contributed by atoms with Gasteiger partial charge in [-0.1, -0.05) is 43.6 Å². The Morgan fingerprint density at radius 1 is 1.26 bits per heavy atom. The Labute approximate surface area is 125 Å². The number of halogens is 2. The lowest BCUT2D eigenvalue weighted by molar-refractivity contribution is 0.332. The summed E-state index contributed by atoms with van der Waals surface area (Å²) in [5.74, 6) is -0.177. The summed E-state index contributed by atoms with van der Waals surface area (Å²) in [7, 11) is 0. The van der Waals surface area contributed by atoms with Crippen LogP contribution < -0.4 is 5.32 Å². The topological polar surface area (TPSA) is 12.0 Å². The van der Waals surface area contributed by atoms with Crippen LogP contribution in [0.15, 0.2) is 22.7 Å². The Morgan fingerprint density at radius 2 is 1.95 bits per heavy atom. The minimum Gasteiger partial charge on any atom is -0.310 e. The highest BCUT2D eigenvalue weighted by Crippen LogP contribution is 2.29. The van der Waals surface area contributed by atoms with E-state index in [-0.39, 0.29) is 11.9 Å². The molecule has 0 aliphatic carbocycles. The van der Waals surface area contributed by atoms with Crippen LogP contribution in [0.4, 0.5) is 4.39 Å². The van der Waals surface area contributed by atoms with E-state index in [1.807, 2.05) is 6.07 Å². The second-order valence-corrected chi connectivity index (χ2v) is 7.22.